The molecule has 0 aromatic heterocycles. The lowest BCUT2D eigenvalue weighted by Gasteiger charge is -2.12. The highest BCUT2D eigenvalue weighted by Crippen LogP contribution is 2.48. The van der Waals surface area contributed by atoms with Crippen LogP contribution in [0.4, 0.5) is 0 Å². The Bertz CT molecular complexity index is 361. The highest BCUT2D eigenvalue weighted by Gasteiger charge is 2.44. The molecule has 1 saturated carbocycles. The second kappa shape index (κ2) is 4.99. The summed E-state index contributed by atoms with van der Waals surface area (Å²) in [4.78, 5) is 30.6. The number of carbonyl (C=O) groups is 3. The lowest BCUT2D eigenvalue weighted by molar-refractivity contribution is -0.136. The molecule has 6 nitrogen and oxygen atoms in total. The van der Waals surface area contributed by atoms with Crippen molar-refractivity contribution < 1.29 is 29.7 Å². The zero-order valence-electron chi connectivity index (χ0n) is 9.34. The third-order valence-corrected chi connectivity index (χ3v) is 3.00. The molecule has 0 radical (unpaired) electrons. The number of carboxylic acids is 3. The molecule has 1 fully saturated rings. The first-order valence-corrected chi connectivity index (χ1v) is 5.24. The van der Waals surface area contributed by atoms with Crippen molar-refractivity contribution in [1.82, 2.24) is 0 Å². The average molecular weight is 242 g/mol. The van der Waals surface area contributed by atoms with Crippen LogP contribution in [0.1, 0.15) is 26.2 Å². The minimum atomic E-state index is -1.05. The van der Waals surface area contributed by atoms with Crippen LogP contribution in [-0.4, -0.2) is 33.2 Å². The van der Waals surface area contributed by atoms with Gasteiger partial charge < -0.3 is 15.3 Å². The number of hydrogen-bond acceptors (Lipinski definition) is 3. The Kier molecular flexibility index (Phi) is 3.88. The van der Waals surface area contributed by atoms with E-state index in [1.807, 2.05) is 0 Å². The summed E-state index contributed by atoms with van der Waals surface area (Å²) in [5, 5.41) is 25.1. The van der Waals surface area contributed by atoms with Crippen molar-refractivity contribution in [3.8, 4) is 0 Å². The molecule has 0 heterocycles. The largest absolute Gasteiger partial charge is 0.481 e. The van der Waals surface area contributed by atoms with Gasteiger partial charge in [-0.15, -0.1) is 0 Å². The maximum absolute atomic E-state index is 10.8. The van der Waals surface area contributed by atoms with Gasteiger partial charge in [-0.1, -0.05) is 0 Å². The molecule has 0 spiro atoms. The molecule has 2 rings (SSSR count). The monoisotopic (exact) mass is 242 g/mol. The van der Waals surface area contributed by atoms with E-state index in [2.05, 4.69) is 0 Å². The Hall–Kier alpha value is -1.85. The average Bonchev–Trinajstić information content (AvgIpc) is 2.74. The van der Waals surface area contributed by atoms with E-state index < -0.39 is 17.9 Å². The Balaban J connectivity index is 0.000000317. The summed E-state index contributed by atoms with van der Waals surface area (Å²) in [5.41, 5.74) is 0.313. The first kappa shape index (κ1) is 13.2. The number of carboxylic acid groups (broad SMARTS) is 3. The van der Waals surface area contributed by atoms with Gasteiger partial charge in [0.2, 0.25) is 0 Å². The Morgan fingerprint density at radius 3 is 1.47 bits per heavy atom. The van der Waals surface area contributed by atoms with E-state index in [0.717, 1.165) is 26.2 Å². The molecule has 6 heteroatoms. The molecule has 2 aliphatic rings. The van der Waals surface area contributed by atoms with Crippen molar-refractivity contribution in [3.63, 3.8) is 0 Å². The number of hydrogen-bond donors (Lipinski definition) is 3. The van der Waals surface area contributed by atoms with Crippen LogP contribution in [-0.2, 0) is 14.4 Å². The van der Waals surface area contributed by atoms with Gasteiger partial charge in [0, 0.05) is 6.92 Å². The fourth-order valence-corrected chi connectivity index (χ4v) is 2.53. The lowest BCUT2D eigenvalue weighted by atomic mass is 9.92. The first-order valence-electron chi connectivity index (χ1n) is 5.24. The maximum atomic E-state index is 10.8. The maximum Gasteiger partial charge on any atom is 0.332 e. The van der Waals surface area contributed by atoms with Gasteiger partial charge in [0.05, 0.1) is 11.1 Å². The smallest absolute Gasteiger partial charge is 0.332 e. The molecule has 17 heavy (non-hydrogen) atoms. The van der Waals surface area contributed by atoms with Gasteiger partial charge in [-0.2, -0.15) is 0 Å². The highest BCUT2D eigenvalue weighted by atomic mass is 16.4. The van der Waals surface area contributed by atoms with Crippen LogP contribution in [0.5, 0.6) is 0 Å². The molecule has 0 amide bonds. The van der Waals surface area contributed by atoms with E-state index in [4.69, 9.17) is 20.1 Å². The summed E-state index contributed by atoms with van der Waals surface area (Å²) in [6.45, 7) is 1.08. The van der Waals surface area contributed by atoms with Crippen molar-refractivity contribution in [2.24, 2.45) is 11.8 Å². The number of rotatable bonds is 2. The predicted octanol–water partition coefficient (Wildman–Crippen LogP) is 0.973. The molecule has 0 saturated heterocycles. The first-order chi connectivity index (χ1) is 7.84. The summed E-state index contributed by atoms with van der Waals surface area (Å²) in [7, 11) is 0. The molecule has 2 aliphatic carbocycles. The quantitative estimate of drug-likeness (QED) is 0.665. The molecule has 94 valence electrons. The third-order valence-electron chi connectivity index (χ3n) is 3.00. The minimum absolute atomic E-state index is 0.00593. The fraction of sp³-hybridized carbons (Fsp3) is 0.545. The Morgan fingerprint density at radius 1 is 0.941 bits per heavy atom. The van der Waals surface area contributed by atoms with Gasteiger partial charge in [0.1, 0.15) is 0 Å². The zero-order valence-corrected chi connectivity index (χ0v) is 9.34. The molecule has 0 aromatic rings. The van der Waals surface area contributed by atoms with Crippen molar-refractivity contribution in [1.29, 1.82) is 0 Å². The SMILES string of the molecule is CC(=O)O.O=C(O)C1=C(C(=O)O)C2CCC1C2. The van der Waals surface area contributed by atoms with Gasteiger partial charge >= 0.3 is 11.9 Å². The van der Waals surface area contributed by atoms with Gasteiger partial charge in [0.25, 0.3) is 5.97 Å². The molecule has 0 aliphatic heterocycles. The Labute approximate surface area is 97.6 Å². The van der Waals surface area contributed by atoms with Gasteiger partial charge in [-0.25, -0.2) is 9.59 Å². The standard InChI is InChI=1S/C9H10O4.C2H4O2/c10-8(11)6-4-1-2-5(3-4)7(6)9(12)13;1-2(3)4/h4-5H,1-3H2,(H,10,11)(H,12,13);1H3,(H,3,4). The third kappa shape index (κ3) is 2.83. The summed E-state index contributed by atoms with van der Waals surface area (Å²) in [6.07, 6.45) is 2.40. The van der Waals surface area contributed by atoms with Crippen molar-refractivity contribution in [2.45, 2.75) is 26.2 Å². The molecule has 2 atom stereocenters. The molecular formula is C11H14O6. The van der Waals surface area contributed by atoms with E-state index in [0.29, 0.717) is 0 Å². The molecular weight excluding hydrogens is 228 g/mol. The van der Waals surface area contributed by atoms with Gasteiger partial charge in [0.15, 0.2) is 0 Å². The lowest BCUT2D eigenvalue weighted by Crippen LogP contribution is -2.17. The van der Waals surface area contributed by atoms with Crippen LogP contribution in [0.2, 0.25) is 0 Å². The summed E-state index contributed by atoms with van der Waals surface area (Å²) >= 11 is 0. The van der Waals surface area contributed by atoms with Crippen LogP contribution in [0.25, 0.3) is 0 Å². The zero-order chi connectivity index (χ0) is 13.2. The van der Waals surface area contributed by atoms with Crippen LogP contribution >= 0.6 is 0 Å². The van der Waals surface area contributed by atoms with Crippen molar-refractivity contribution in [3.05, 3.63) is 11.1 Å². The molecule has 2 unspecified atom stereocenters. The minimum Gasteiger partial charge on any atom is -0.481 e. The number of fused-ring (bicyclic) bond motifs is 2. The van der Waals surface area contributed by atoms with E-state index in [-0.39, 0.29) is 23.0 Å². The normalized spacial score (nSPS) is 25.2. The van der Waals surface area contributed by atoms with E-state index in [9.17, 15) is 9.59 Å². The van der Waals surface area contributed by atoms with E-state index >= 15 is 0 Å². The van der Waals surface area contributed by atoms with Crippen molar-refractivity contribution >= 4 is 17.9 Å². The number of aliphatic carboxylic acids is 3. The van der Waals surface area contributed by atoms with Crippen LogP contribution in [0.3, 0.4) is 0 Å². The van der Waals surface area contributed by atoms with Crippen molar-refractivity contribution in [2.75, 3.05) is 0 Å². The second-order valence-corrected chi connectivity index (χ2v) is 4.16. The van der Waals surface area contributed by atoms with Crippen LogP contribution < -0.4 is 0 Å². The topological polar surface area (TPSA) is 112 Å². The van der Waals surface area contributed by atoms with E-state index in [1.54, 1.807) is 0 Å². The predicted molar refractivity (Wildman–Crippen MR) is 56.4 cm³/mol. The fourth-order valence-electron chi connectivity index (χ4n) is 2.53. The summed E-state index contributed by atoms with van der Waals surface area (Å²) < 4.78 is 0. The van der Waals surface area contributed by atoms with Crippen LogP contribution in [0.15, 0.2) is 11.1 Å². The molecule has 3 N–H and O–H groups in total. The second-order valence-electron chi connectivity index (χ2n) is 4.16. The highest BCUT2D eigenvalue weighted by molar-refractivity contribution is 6.01. The van der Waals surface area contributed by atoms with E-state index in [1.165, 1.54) is 0 Å². The Morgan fingerprint density at radius 2 is 1.24 bits per heavy atom. The van der Waals surface area contributed by atoms with Crippen LogP contribution in [0, 0.1) is 11.8 Å². The van der Waals surface area contributed by atoms with Gasteiger partial charge in [-0.05, 0) is 31.1 Å². The van der Waals surface area contributed by atoms with Gasteiger partial charge in [-0.3, -0.25) is 4.79 Å². The summed E-state index contributed by atoms with van der Waals surface area (Å²) in [6, 6.07) is 0. The molecule has 2 bridgehead atoms. The summed E-state index contributed by atoms with van der Waals surface area (Å²) in [5.74, 6) is -2.95. The molecule has 0 aromatic carbocycles.